The van der Waals surface area contributed by atoms with Crippen molar-refractivity contribution in [3.63, 3.8) is 0 Å². The number of likely N-dealkylation sites (tertiary alicyclic amines) is 1. The molecule has 1 rings (SSSR count). The van der Waals surface area contributed by atoms with Crippen molar-refractivity contribution in [3.8, 4) is 0 Å². The summed E-state index contributed by atoms with van der Waals surface area (Å²) in [6.45, 7) is 0.925. The number of primary amides is 1. The van der Waals surface area contributed by atoms with E-state index in [-0.39, 0.29) is 12.6 Å². The van der Waals surface area contributed by atoms with Crippen LogP contribution in [0.25, 0.3) is 0 Å². The number of nitrogens with one attached hydrogen (secondary N) is 1. The van der Waals surface area contributed by atoms with Crippen LogP contribution in [0, 0.1) is 0 Å². The number of halogens is 2. The lowest BCUT2D eigenvalue weighted by molar-refractivity contribution is -0.00545. The second-order valence-corrected chi connectivity index (χ2v) is 3.91. The smallest absolute Gasteiger partial charge is 0.314 e. The van der Waals surface area contributed by atoms with E-state index in [1.807, 2.05) is 0 Å². The van der Waals surface area contributed by atoms with Crippen LogP contribution in [0.1, 0.15) is 12.8 Å². The Morgan fingerprint density at radius 2 is 2.06 bits per heavy atom. The topological polar surface area (TPSA) is 78.6 Å². The summed E-state index contributed by atoms with van der Waals surface area (Å²) in [5.41, 5.74) is 5.10. The third-order valence-electron chi connectivity index (χ3n) is 2.71. The summed E-state index contributed by atoms with van der Waals surface area (Å²) in [5.74, 6) is 0. The van der Waals surface area contributed by atoms with E-state index < -0.39 is 18.6 Å². The average molecular weight is 237 g/mol. The van der Waals surface area contributed by atoms with Gasteiger partial charge in [0.1, 0.15) is 6.10 Å². The molecule has 1 unspecified atom stereocenters. The molecule has 1 saturated heterocycles. The third kappa shape index (κ3) is 3.90. The first-order chi connectivity index (χ1) is 7.50. The number of nitrogens with zero attached hydrogens (tertiary/aromatic N) is 1. The number of carbonyl (C=O) groups excluding carboxylic acids is 1. The Morgan fingerprint density at radius 3 is 2.50 bits per heavy atom. The number of carbonyl (C=O) groups is 1. The summed E-state index contributed by atoms with van der Waals surface area (Å²) >= 11 is 0. The number of hydrogen-bond acceptors (Lipinski definition) is 3. The van der Waals surface area contributed by atoms with Crippen LogP contribution in [0.2, 0.25) is 0 Å². The molecule has 94 valence electrons. The summed E-state index contributed by atoms with van der Waals surface area (Å²) in [5, 5.41) is 11.8. The number of urea groups is 1. The molecule has 7 heteroatoms. The molecule has 1 atom stereocenters. The van der Waals surface area contributed by atoms with E-state index in [1.165, 1.54) is 4.90 Å². The first-order valence-corrected chi connectivity index (χ1v) is 5.24. The maximum Gasteiger partial charge on any atom is 0.314 e. The number of amides is 2. The third-order valence-corrected chi connectivity index (χ3v) is 2.71. The maximum absolute atomic E-state index is 12.0. The predicted molar refractivity (Wildman–Crippen MR) is 54.2 cm³/mol. The Balaban J connectivity index is 2.20. The quantitative estimate of drug-likeness (QED) is 0.630. The highest BCUT2D eigenvalue weighted by Gasteiger charge is 2.23. The second kappa shape index (κ2) is 5.95. The first kappa shape index (κ1) is 13.1. The fraction of sp³-hybridized carbons (Fsp3) is 0.889. The molecule has 0 saturated carbocycles. The molecule has 0 bridgehead atoms. The lowest BCUT2D eigenvalue weighted by Gasteiger charge is -2.31. The Labute approximate surface area is 92.6 Å². The van der Waals surface area contributed by atoms with Crippen molar-refractivity contribution in [3.05, 3.63) is 0 Å². The largest absolute Gasteiger partial charge is 0.386 e. The van der Waals surface area contributed by atoms with Gasteiger partial charge < -0.3 is 21.1 Å². The van der Waals surface area contributed by atoms with E-state index in [0.29, 0.717) is 25.9 Å². The minimum Gasteiger partial charge on any atom is -0.386 e. The van der Waals surface area contributed by atoms with Gasteiger partial charge in [-0.3, -0.25) is 0 Å². The number of hydrogen-bond donors (Lipinski definition) is 3. The molecular formula is C9H17F2N3O2. The lowest BCUT2D eigenvalue weighted by atomic mass is 10.1. The predicted octanol–water partition coefficient (Wildman–Crippen LogP) is -0.255. The highest BCUT2D eigenvalue weighted by atomic mass is 19.3. The van der Waals surface area contributed by atoms with Crippen LogP contribution in [-0.2, 0) is 0 Å². The molecular weight excluding hydrogens is 220 g/mol. The second-order valence-electron chi connectivity index (χ2n) is 3.91. The molecule has 16 heavy (non-hydrogen) atoms. The number of alkyl halides is 2. The van der Waals surface area contributed by atoms with Crippen LogP contribution in [0.5, 0.6) is 0 Å². The van der Waals surface area contributed by atoms with Gasteiger partial charge in [-0.25, -0.2) is 13.6 Å². The number of nitrogens with two attached hydrogens (primary N) is 1. The summed E-state index contributed by atoms with van der Waals surface area (Å²) in [6.07, 6.45) is -3.02. The highest BCUT2D eigenvalue weighted by molar-refractivity contribution is 5.72. The van der Waals surface area contributed by atoms with Crippen LogP contribution in [0.4, 0.5) is 13.6 Å². The van der Waals surface area contributed by atoms with E-state index in [2.05, 4.69) is 5.32 Å². The van der Waals surface area contributed by atoms with Crippen LogP contribution in [-0.4, -0.2) is 54.2 Å². The minimum atomic E-state index is -2.72. The van der Waals surface area contributed by atoms with E-state index in [4.69, 9.17) is 10.8 Å². The first-order valence-electron chi connectivity index (χ1n) is 5.24. The lowest BCUT2D eigenvalue weighted by Crippen LogP contribution is -2.48. The molecule has 5 nitrogen and oxygen atoms in total. The van der Waals surface area contributed by atoms with Crippen molar-refractivity contribution in [1.29, 1.82) is 0 Å². The fourth-order valence-corrected chi connectivity index (χ4v) is 1.68. The van der Waals surface area contributed by atoms with Gasteiger partial charge in [-0.1, -0.05) is 0 Å². The van der Waals surface area contributed by atoms with E-state index in [9.17, 15) is 13.6 Å². The van der Waals surface area contributed by atoms with Crippen LogP contribution in [0.15, 0.2) is 0 Å². The Morgan fingerprint density at radius 1 is 1.50 bits per heavy atom. The maximum atomic E-state index is 12.0. The molecule has 0 aromatic rings. The summed E-state index contributed by atoms with van der Waals surface area (Å²) in [4.78, 5) is 12.3. The molecule has 1 fully saturated rings. The summed E-state index contributed by atoms with van der Waals surface area (Å²) in [7, 11) is 0. The van der Waals surface area contributed by atoms with E-state index >= 15 is 0 Å². The molecule has 0 radical (unpaired) electrons. The van der Waals surface area contributed by atoms with Gasteiger partial charge in [-0.2, -0.15) is 0 Å². The summed E-state index contributed by atoms with van der Waals surface area (Å²) in [6, 6.07) is -0.393. The van der Waals surface area contributed by atoms with E-state index in [0.717, 1.165) is 0 Å². The van der Waals surface area contributed by atoms with Gasteiger partial charge in [-0.05, 0) is 12.8 Å². The molecule has 0 aliphatic carbocycles. The standard InChI is InChI=1S/C9H17F2N3O2/c10-8(11)7(15)5-13-6-1-3-14(4-2-6)9(12)16/h6-8,13,15H,1-5H2,(H2,12,16). The SMILES string of the molecule is NC(=O)N1CCC(NCC(O)C(F)F)CC1. The monoisotopic (exact) mass is 237 g/mol. The molecule has 0 aromatic carbocycles. The van der Waals surface area contributed by atoms with Crippen molar-refractivity contribution >= 4 is 6.03 Å². The molecule has 0 spiro atoms. The van der Waals surface area contributed by atoms with Crippen LogP contribution in [0.3, 0.4) is 0 Å². The fourth-order valence-electron chi connectivity index (χ4n) is 1.68. The Kier molecular flexibility index (Phi) is 4.88. The van der Waals surface area contributed by atoms with Crippen molar-refractivity contribution in [2.45, 2.75) is 31.4 Å². The molecule has 2 amide bonds. The van der Waals surface area contributed by atoms with Crippen molar-refractivity contribution in [2.75, 3.05) is 19.6 Å². The highest BCUT2D eigenvalue weighted by Crippen LogP contribution is 2.10. The number of rotatable bonds is 4. The normalized spacial score (nSPS) is 20.1. The zero-order chi connectivity index (χ0) is 12.1. The molecule has 1 heterocycles. The molecule has 1 aliphatic rings. The van der Waals surface area contributed by atoms with Gasteiger partial charge in [0.15, 0.2) is 0 Å². The molecule has 0 aromatic heterocycles. The number of piperidine rings is 1. The van der Waals surface area contributed by atoms with E-state index in [1.54, 1.807) is 0 Å². The zero-order valence-electron chi connectivity index (χ0n) is 8.90. The van der Waals surface area contributed by atoms with Gasteiger partial charge in [0.2, 0.25) is 0 Å². The van der Waals surface area contributed by atoms with Gasteiger partial charge in [-0.15, -0.1) is 0 Å². The number of aliphatic hydroxyl groups excluding tert-OH is 1. The van der Waals surface area contributed by atoms with Crippen LogP contribution < -0.4 is 11.1 Å². The average Bonchev–Trinajstić information content (AvgIpc) is 2.26. The molecule has 4 N–H and O–H groups in total. The van der Waals surface area contributed by atoms with Gasteiger partial charge in [0, 0.05) is 25.7 Å². The van der Waals surface area contributed by atoms with Gasteiger partial charge in [0.05, 0.1) is 0 Å². The minimum absolute atomic E-state index is 0.0593. The van der Waals surface area contributed by atoms with Crippen LogP contribution >= 0.6 is 0 Å². The van der Waals surface area contributed by atoms with Crippen molar-refractivity contribution < 1.29 is 18.7 Å². The number of aliphatic hydroxyl groups is 1. The Hall–Kier alpha value is -0.950. The van der Waals surface area contributed by atoms with Crippen molar-refractivity contribution in [1.82, 2.24) is 10.2 Å². The molecule has 1 aliphatic heterocycles. The summed E-state index contributed by atoms with van der Waals surface area (Å²) < 4.78 is 24.0. The Bertz CT molecular complexity index is 233. The zero-order valence-corrected chi connectivity index (χ0v) is 8.90. The van der Waals surface area contributed by atoms with Gasteiger partial charge >= 0.3 is 6.03 Å². The van der Waals surface area contributed by atoms with Gasteiger partial charge in [0.25, 0.3) is 6.43 Å². The van der Waals surface area contributed by atoms with Crippen molar-refractivity contribution in [2.24, 2.45) is 5.73 Å².